The first-order chi connectivity index (χ1) is 13.5. The number of hydrogen-bond acceptors (Lipinski definition) is 4. The fraction of sp³-hybridized carbons (Fsp3) is 0.500. The number of carbonyl (C=O) groups is 1. The number of nitrogens with zero attached hydrogens (tertiary/aromatic N) is 4. The van der Waals surface area contributed by atoms with Gasteiger partial charge in [0.25, 0.3) is 11.5 Å². The van der Waals surface area contributed by atoms with Crippen LogP contribution in [0.1, 0.15) is 41.5 Å². The van der Waals surface area contributed by atoms with Crippen LogP contribution in [0.3, 0.4) is 0 Å². The number of likely N-dealkylation sites (N-methyl/N-ethyl adjacent to an activating group) is 1. The van der Waals surface area contributed by atoms with Gasteiger partial charge in [-0.1, -0.05) is 6.07 Å². The summed E-state index contributed by atoms with van der Waals surface area (Å²) in [6, 6.07) is 9.82. The maximum Gasteiger partial charge on any atom is 0.263 e. The summed E-state index contributed by atoms with van der Waals surface area (Å²) >= 11 is 0. The minimum atomic E-state index is -0.182. The molecule has 6 heteroatoms. The second-order valence-corrected chi connectivity index (χ2v) is 7.54. The average Bonchev–Trinajstić information content (AvgIpc) is 2.73. The molecule has 3 heterocycles. The number of piperidine rings is 1. The largest absolute Gasteiger partial charge is 0.337 e. The Hall–Kier alpha value is -2.47. The van der Waals surface area contributed by atoms with Crippen molar-refractivity contribution in [2.45, 2.75) is 45.7 Å². The second kappa shape index (κ2) is 9.15. The van der Waals surface area contributed by atoms with Crippen molar-refractivity contribution in [2.75, 3.05) is 26.7 Å². The number of hydrogen-bond donors (Lipinski definition) is 0. The number of amides is 1. The van der Waals surface area contributed by atoms with Crippen LogP contribution in [0.5, 0.6) is 0 Å². The summed E-state index contributed by atoms with van der Waals surface area (Å²) in [6.07, 6.45) is 4.73. The van der Waals surface area contributed by atoms with Crippen LogP contribution >= 0.6 is 0 Å². The van der Waals surface area contributed by atoms with Crippen LogP contribution in [-0.4, -0.2) is 58.0 Å². The van der Waals surface area contributed by atoms with E-state index in [1.165, 1.54) is 0 Å². The van der Waals surface area contributed by atoms with Crippen LogP contribution in [0, 0.1) is 6.92 Å². The number of aromatic nitrogens is 2. The van der Waals surface area contributed by atoms with E-state index in [2.05, 4.69) is 16.9 Å². The lowest BCUT2D eigenvalue weighted by Crippen LogP contribution is -2.50. The summed E-state index contributed by atoms with van der Waals surface area (Å²) in [5.41, 5.74) is 2.06. The highest BCUT2D eigenvalue weighted by molar-refractivity contribution is 5.94. The van der Waals surface area contributed by atoms with Gasteiger partial charge in [-0.05, 0) is 58.0 Å². The number of carbonyl (C=O) groups excluding carboxylic acids is 1. The third-order valence-electron chi connectivity index (χ3n) is 5.69. The van der Waals surface area contributed by atoms with E-state index >= 15 is 0 Å². The first-order valence-electron chi connectivity index (χ1n) is 10.1. The van der Waals surface area contributed by atoms with Crippen LogP contribution in [-0.2, 0) is 13.0 Å². The quantitative estimate of drug-likeness (QED) is 0.770. The van der Waals surface area contributed by atoms with Crippen molar-refractivity contribution in [3.63, 3.8) is 0 Å². The molecule has 2 aromatic heterocycles. The zero-order chi connectivity index (χ0) is 20.1. The van der Waals surface area contributed by atoms with E-state index in [9.17, 15) is 9.59 Å². The Morgan fingerprint density at radius 1 is 1.29 bits per heavy atom. The van der Waals surface area contributed by atoms with Crippen molar-refractivity contribution >= 4 is 5.91 Å². The lowest BCUT2D eigenvalue weighted by atomic mass is 10.0. The van der Waals surface area contributed by atoms with Gasteiger partial charge in [-0.25, -0.2) is 0 Å². The third-order valence-corrected chi connectivity index (χ3v) is 5.69. The van der Waals surface area contributed by atoms with Crippen molar-refractivity contribution in [1.82, 2.24) is 19.4 Å². The maximum absolute atomic E-state index is 13.0. The van der Waals surface area contributed by atoms with E-state index < -0.39 is 0 Å². The second-order valence-electron chi connectivity index (χ2n) is 7.54. The first kappa shape index (κ1) is 20.3. The topological polar surface area (TPSA) is 58.4 Å². The molecule has 2 aromatic rings. The molecule has 3 rings (SSSR count). The molecular weight excluding hydrogens is 352 g/mol. The highest BCUT2D eigenvalue weighted by Crippen LogP contribution is 2.17. The number of pyridine rings is 2. The SMILES string of the molecule is CCn1c(C)ccc(C(=O)N2CCCC(N(C)CCc3ccccn3)C2)c1=O. The van der Waals surface area contributed by atoms with Gasteiger partial charge in [0.1, 0.15) is 5.56 Å². The molecule has 1 aliphatic heterocycles. The number of likely N-dealkylation sites (tertiary alicyclic amines) is 1. The Morgan fingerprint density at radius 3 is 2.82 bits per heavy atom. The molecular formula is C22H30N4O2. The summed E-state index contributed by atoms with van der Waals surface area (Å²) in [5, 5.41) is 0. The molecule has 0 aliphatic carbocycles. The Morgan fingerprint density at radius 2 is 2.11 bits per heavy atom. The van der Waals surface area contributed by atoms with Gasteiger partial charge in [0.2, 0.25) is 0 Å². The van der Waals surface area contributed by atoms with Crippen LogP contribution < -0.4 is 5.56 Å². The minimum absolute atomic E-state index is 0.143. The van der Waals surface area contributed by atoms with Crippen molar-refractivity contribution in [3.05, 3.63) is 63.8 Å². The molecule has 0 bridgehead atoms. The zero-order valence-corrected chi connectivity index (χ0v) is 17.1. The van der Waals surface area contributed by atoms with Crippen LogP contribution in [0.2, 0.25) is 0 Å². The van der Waals surface area contributed by atoms with Crippen molar-refractivity contribution < 1.29 is 4.79 Å². The first-order valence-corrected chi connectivity index (χ1v) is 10.1. The molecule has 0 N–H and O–H groups in total. The van der Waals surface area contributed by atoms with Crippen LogP contribution in [0.4, 0.5) is 0 Å². The molecule has 28 heavy (non-hydrogen) atoms. The molecule has 0 radical (unpaired) electrons. The lowest BCUT2D eigenvalue weighted by Gasteiger charge is -2.37. The molecule has 6 nitrogen and oxygen atoms in total. The van der Waals surface area contributed by atoms with Crippen molar-refractivity contribution in [1.29, 1.82) is 0 Å². The van der Waals surface area contributed by atoms with E-state index in [0.717, 1.165) is 37.2 Å². The van der Waals surface area contributed by atoms with Gasteiger partial charge in [0.05, 0.1) is 0 Å². The zero-order valence-electron chi connectivity index (χ0n) is 17.1. The van der Waals surface area contributed by atoms with Gasteiger partial charge in [-0.15, -0.1) is 0 Å². The molecule has 1 amide bonds. The predicted octanol–water partition coefficient (Wildman–Crippen LogP) is 2.35. The van der Waals surface area contributed by atoms with Crippen molar-refractivity contribution in [3.8, 4) is 0 Å². The summed E-state index contributed by atoms with van der Waals surface area (Å²) in [4.78, 5) is 34.3. The predicted molar refractivity (Wildman–Crippen MR) is 111 cm³/mol. The van der Waals surface area contributed by atoms with Gasteiger partial charge in [0.15, 0.2) is 0 Å². The number of aryl methyl sites for hydroxylation is 1. The highest BCUT2D eigenvalue weighted by atomic mass is 16.2. The summed E-state index contributed by atoms with van der Waals surface area (Å²) in [5.74, 6) is -0.143. The van der Waals surface area contributed by atoms with E-state index in [4.69, 9.17) is 0 Å². The van der Waals surface area contributed by atoms with Gasteiger partial charge in [-0.2, -0.15) is 0 Å². The van der Waals surface area contributed by atoms with Crippen LogP contribution in [0.15, 0.2) is 41.3 Å². The Kier molecular flexibility index (Phi) is 6.62. The summed E-state index contributed by atoms with van der Waals surface area (Å²) < 4.78 is 1.66. The van der Waals surface area contributed by atoms with Gasteiger partial charge >= 0.3 is 0 Å². The molecule has 1 aliphatic rings. The van der Waals surface area contributed by atoms with Crippen molar-refractivity contribution in [2.24, 2.45) is 0 Å². The van der Waals surface area contributed by atoms with Gasteiger partial charge in [-0.3, -0.25) is 14.6 Å². The summed E-state index contributed by atoms with van der Waals surface area (Å²) in [7, 11) is 2.11. The maximum atomic E-state index is 13.0. The molecule has 150 valence electrons. The fourth-order valence-electron chi connectivity index (χ4n) is 3.92. The molecule has 1 unspecified atom stereocenters. The Labute approximate surface area is 166 Å². The molecule has 0 spiro atoms. The van der Waals surface area contributed by atoms with Crippen LogP contribution in [0.25, 0.3) is 0 Å². The molecule has 1 saturated heterocycles. The molecule has 0 aromatic carbocycles. The van der Waals surface area contributed by atoms with Gasteiger partial charge < -0.3 is 14.4 Å². The van der Waals surface area contributed by atoms with E-state index in [1.807, 2.05) is 49.2 Å². The molecule has 0 saturated carbocycles. The third kappa shape index (κ3) is 4.50. The van der Waals surface area contributed by atoms with E-state index in [1.54, 1.807) is 10.6 Å². The monoisotopic (exact) mass is 382 g/mol. The standard InChI is InChI=1S/C22H30N4O2/c1-4-26-17(2)10-11-20(22(26)28)21(27)25-14-7-9-19(16-25)24(3)15-12-18-8-5-6-13-23-18/h5-6,8,10-11,13,19H,4,7,9,12,14-16H2,1-3H3. The van der Waals surface area contributed by atoms with E-state index in [0.29, 0.717) is 25.7 Å². The summed E-state index contributed by atoms with van der Waals surface area (Å²) in [6.45, 7) is 6.67. The lowest BCUT2D eigenvalue weighted by molar-refractivity contribution is 0.0609. The Bertz CT molecular complexity index is 863. The number of rotatable bonds is 6. The van der Waals surface area contributed by atoms with Gasteiger partial charge in [0, 0.05) is 56.2 Å². The minimum Gasteiger partial charge on any atom is -0.337 e. The fourth-order valence-corrected chi connectivity index (χ4v) is 3.92. The van der Waals surface area contributed by atoms with E-state index in [-0.39, 0.29) is 17.0 Å². The normalized spacial score (nSPS) is 17.1. The molecule has 1 atom stereocenters. The molecule has 1 fully saturated rings. The Balaban J connectivity index is 1.66. The highest BCUT2D eigenvalue weighted by Gasteiger charge is 2.28. The smallest absolute Gasteiger partial charge is 0.263 e. The average molecular weight is 383 g/mol.